The highest BCUT2D eigenvalue weighted by molar-refractivity contribution is 7.09. The van der Waals surface area contributed by atoms with E-state index in [2.05, 4.69) is 41.5 Å². The molecule has 1 fully saturated rings. The minimum absolute atomic E-state index is 0.495. The molecule has 0 bridgehead atoms. The monoisotopic (exact) mass is 295 g/mol. The number of nitrogens with zero attached hydrogens (tertiary/aromatic N) is 2. The van der Waals surface area contributed by atoms with Gasteiger partial charge in [-0.25, -0.2) is 4.98 Å². The van der Waals surface area contributed by atoms with Crippen LogP contribution < -0.4 is 5.32 Å². The Morgan fingerprint density at radius 1 is 1.40 bits per heavy atom. The summed E-state index contributed by atoms with van der Waals surface area (Å²) in [6.07, 6.45) is 6.78. The summed E-state index contributed by atoms with van der Waals surface area (Å²) in [7, 11) is 2.24. The summed E-state index contributed by atoms with van der Waals surface area (Å²) in [6.45, 7) is 8.84. The molecule has 1 N–H and O–H groups in total. The van der Waals surface area contributed by atoms with Crippen LogP contribution in [0.3, 0.4) is 0 Å². The number of hydrogen-bond acceptors (Lipinski definition) is 4. The summed E-state index contributed by atoms with van der Waals surface area (Å²) < 4.78 is 0. The van der Waals surface area contributed by atoms with Crippen LogP contribution in [0.5, 0.6) is 0 Å². The van der Waals surface area contributed by atoms with E-state index < -0.39 is 0 Å². The van der Waals surface area contributed by atoms with E-state index in [-0.39, 0.29) is 0 Å². The van der Waals surface area contributed by atoms with E-state index in [0.717, 1.165) is 13.1 Å². The fourth-order valence-electron chi connectivity index (χ4n) is 3.43. The molecule has 0 atom stereocenters. The van der Waals surface area contributed by atoms with Gasteiger partial charge in [0.25, 0.3) is 0 Å². The van der Waals surface area contributed by atoms with Crippen LogP contribution in [0, 0.1) is 12.3 Å². The Morgan fingerprint density at radius 3 is 2.75 bits per heavy atom. The lowest BCUT2D eigenvalue weighted by atomic mass is 9.85. The van der Waals surface area contributed by atoms with Gasteiger partial charge >= 0.3 is 0 Å². The number of hydrogen-bond donors (Lipinski definition) is 1. The normalized spacial score (nSPS) is 18.0. The highest BCUT2D eigenvalue weighted by atomic mass is 32.1. The van der Waals surface area contributed by atoms with Crippen LogP contribution >= 0.6 is 11.3 Å². The number of aryl methyl sites for hydroxylation is 1. The number of aromatic nitrogens is 1. The minimum Gasteiger partial charge on any atom is -0.316 e. The predicted octanol–water partition coefficient (Wildman–Crippen LogP) is 3.44. The van der Waals surface area contributed by atoms with Crippen LogP contribution in [0.15, 0.2) is 5.38 Å². The zero-order valence-electron chi connectivity index (χ0n) is 13.2. The van der Waals surface area contributed by atoms with Crippen molar-refractivity contribution in [2.45, 2.75) is 52.5 Å². The van der Waals surface area contributed by atoms with Gasteiger partial charge in [-0.2, -0.15) is 0 Å². The molecule has 0 amide bonds. The molecule has 1 aliphatic rings. The van der Waals surface area contributed by atoms with Crippen LogP contribution in [0.2, 0.25) is 0 Å². The van der Waals surface area contributed by atoms with Crippen molar-refractivity contribution in [3.05, 3.63) is 16.1 Å². The zero-order chi connectivity index (χ0) is 14.4. The average molecular weight is 295 g/mol. The first-order chi connectivity index (χ1) is 9.63. The van der Waals surface area contributed by atoms with Crippen LogP contribution in [-0.4, -0.2) is 36.6 Å². The van der Waals surface area contributed by atoms with Crippen molar-refractivity contribution in [2.75, 3.05) is 26.7 Å². The smallest absolute Gasteiger partial charge is 0.0897 e. The van der Waals surface area contributed by atoms with Crippen molar-refractivity contribution in [1.82, 2.24) is 15.2 Å². The Labute approximate surface area is 127 Å². The van der Waals surface area contributed by atoms with E-state index >= 15 is 0 Å². The first-order valence-electron chi connectivity index (χ1n) is 7.94. The van der Waals surface area contributed by atoms with E-state index in [0.29, 0.717) is 5.41 Å². The molecule has 1 aliphatic carbocycles. The maximum Gasteiger partial charge on any atom is 0.0897 e. The Kier molecular flexibility index (Phi) is 6.00. The first-order valence-corrected chi connectivity index (χ1v) is 8.82. The molecule has 0 aromatic carbocycles. The standard InChI is InChI=1S/C16H29N3S/c1-4-9-17-12-16(7-5-6-8-16)13-19(3)10-15-11-20-14(2)18-15/h11,17H,4-10,12-13H2,1-3H3. The lowest BCUT2D eigenvalue weighted by molar-refractivity contribution is 0.167. The van der Waals surface area contributed by atoms with E-state index in [1.54, 1.807) is 11.3 Å². The molecule has 1 aromatic rings. The van der Waals surface area contributed by atoms with Crippen LogP contribution in [0.4, 0.5) is 0 Å². The second-order valence-corrected chi connectivity index (χ2v) is 7.48. The highest BCUT2D eigenvalue weighted by Gasteiger charge is 2.34. The lowest BCUT2D eigenvalue weighted by Crippen LogP contribution is -2.41. The molecule has 20 heavy (non-hydrogen) atoms. The van der Waals surface area contributed by atoms with Crippen molar-refractivity contribution in [3.63, 3.8) is 0 Å². The molecular weight excluding hydrogens is 266 g/mol. The van der Waals surface area contributed by atoms with Crippen molar-refractivity contribution < 1.29 is 0 Å². The predicted molar refractivity (Wildman–Crippen MR) is 87.2 cm³/mol. The molecule has 2 rings (SSSR count). The number of nitrogens with one attached hydrogen (secondary N) is 1. The summed E-state index contributed by atoms with van der Waals surface area (Å²) in [5.41, 5.74) is 1.72. The first kappa shape index (κ1) is 15.9. The SMILES string of the molecule is CCCNCC1(CN(C)Cc2csc(C)n2)CCCC1. The summed E-state index contributed by atoms with van der Waals surface area (Å²) in [4.78, 5) is 7.05. The fraction of sp³-hybridized carbons (Fsp3) is 0.812. The van der Waals surface area contributed by atoms with Gasteiger partial charge in [-0.3, -0.25) is 4.90 Å². The summed E-state index contributed by atoms with van der Waals surface area (Å²) in [5, 5.41) is 7.02. The Hall–Kier alpha value is -0.450. The second-order valence-electron chi connectivity index (χ2n) is 6.41. The molecule has 0 unspecified atom stereocenters. The number of thiazole rings is 1. The van der Waals surface area contributed by atoms with Gasteiger partial charge in [-0.05, 0) is 45.2 Å². The van der Waals surface area contributed by atoms with Crippen molar-refractivity contribution >= 4 is 11.3 Å². The molecule has 0 aliphatic heterocycles. The highest BCUT2D eigenvalue weighted by Crippen LogP contribution is 2.38. The maximum absolute atomic E-state index is 4.58. The lowest BCUT2D eigenvalue weighted by Gasteiger charge is -2.33. The van der Waals surface area contributed by atoms with E-state index in [9.17, 15) is 0 Å². The Bertz CT molecular complexity index is 396. The van der Waals surface area contributed by atoms with Crippen LogP contribution in [0.25, 0.3) is 0 Å². The zero-order valence-corrected chi connectivity index (χ0v) is 14.1. The molecule has 1 aromatic heterocycles. The van der Waals surface area contributed by atoms with Crippen LogP contribution in [-0.2, 0) is 6.54 Å². The maximum atomic E-state index is 4.58. The summed E-state index contributed by atoms with van der Waals surface area (Å²) in [5.74, 6) is 0. The summed E-state index contributed by atoms with van der Waals surface area (Å²) in [6, 6.07) is 0. The number of rotatable bonds is 8. The van der Waals surface area contributed by atoms with E-state index in [1.807, 2.05) is 0 Å². The molecule has 0 radical (unpaired) electrons. The molecule has 0 spiro atoms. The average Bonchev–Trinajstić information content (AvgIpc) is 3.00. The molecule has 0 saturated heterocycles. The molecule has 1 saturated carbocycles. The van der Waals surface area contributed by atoms with Gasteiger partial charge < -0.3 is 5.32 Å². The molecule has 114 valence electrons. The van der Waals surface area contributed by atoms with Gasteiger partial charge in [0.2, 0.25) is 0 Å². The van der Waals surface area contributed by atoms with Crippen molar-refractivity contribution in [3.8, 4) is 0 Å². The molecular formula is C16H29N3S. The second kappa shape index (κ2) is 7.53. The Morgan fingerprint density at radius 2 is 2.15 bits per heavy atom. The van der Waals surface area contributed by atoms with Gasteiger partial charge in [-0.1, -0.05) is 19.8 Å². The third kappa shape index (κ3) is 4.54. The van der Waals surface area contributed by atoms with Crippen molar-refractivity contribution in [2.24, 2.45) is 5.41 Å². The van der Waals surface area contributed by atoms with E-state index in [1.165, 1.54) is 55.9 Å². The van der Waals surface area contributed by atoms with Gasteiger partial charge in [0.05, 0.1) is 10.7 Å². The molecule has 3 nitrogen and oxygen atoms in total. The van der Waals surface area contributed by atoms with Crippen molar-refractivity contribution in [1.29, 1.82) is 0 Å². The third-order valence-corrected chi connectivity index (χ3v) is 5.12. The van der Waals surface area contributed by atoms with Gasteiger partial charge in [0.15, 0.2) is 0 Å². The largest absolute Gasteiger partial charge is 0.316 e. The van der Waals surface area contributed by atoms with Gasteiger partial charge in [0, 0.05) is 25.0 Å². The minimum atomic E-state index is 0.495. The fourth-order valence-corrected chi connectivity index (χ4v) is 4.04. The topological polar surface area (TPSA) is 28.2 Å². The van der Waals surface area contributed by atoms with E-state index in [4.69, 9.17) is 0 Å². The Balaban J connectivity index is 1.86. The molecule has 4 heteroatoms. The summed E-state index contributed by atoms with van der Waals surface area (Å²) >= 11 is 1.75. The molecule has 1 heterocycles. The third-order valence-electron chi connectivity index (χ3n) is 4.29. The quantitative estimate of drug-likeness (QED) is 0.745. The van der Waals surface area contributed by atoms with Gasteiger partial charge in [0.1, 0.15) is 0 Å². The van der Waals surface area contributed by atoms with Crippen LogP contribution in [0.1, 0.15) is 49.7 Å². The van der Waals surface area contributed by atoms with Gasteiger partial charge in [-0.15, -0.1) is 11.3 Å².